The van der Waals surface area contributed by atoms with Crippen LogP contribution < -0.4 is 10.6 Å². The zero-order valence-corrected chi connectivity index (χ0v) is 8.88. The monoisotopic (exact) mass is 196 g/mol. The van der Waals surface area contributed by atoms with Crippen LogP contribution in [0.3, 0.4) is 0 Å². The average molecular weight is 196 g/mol. The molecule has 14 heavy (non-hydrogen) atoms. The molecule has 0 saturated carbocycles. The largest absolute Gasteiger partial charge is 0.356 e. The van der Waals surface area contributed by atoms with Gasteiger partial charge in [0.1, 0.15) is 0 Å². The summed E-state index contributed by atoms with van der Waals surface area (Å²) in [7, 11) is 0. The van der Waals surface area contributed by atoms with Gasteiger partial charge < -0.3 is 10.6 Å². The molecule has 3 atom stereocenters. The van der Waals surface area contributed by atoms with E-state index >= 15 is 0 Å². The molecule has 2 fully saturated rings. The Bertz CT molecular complexity index is 217. The Hall–Kier alpha value is -0.570. The summed E-state index contributed by atoms with van der Waals surface area (Å²) in [6.07, 6.45) is 5.52. The van der Waals surface area contributed by atoms with E-state index in [0.717, 1.165) is 19.0 Å². The van der Waals surface area contributed by atoms with Crippen LogP contribution in [0.1, 0.15) is 39.0 Å². The summed E-state index contributed by atoms with van der Waals surface area (Å²) in [5.74, 6) is 0.907. The highest BCUT2D eigenvalue weighted by Gasteiger charge is 2.38. The molecule has 0 radical (unpaired) electrons. The summed E-state index contributed by atoms with van der Waals surface area (Å²) in [6, 6.07) is 1.43. The fourth-order valence-electron chi connectivity index (χ4n) is 2.72. The topological polar surface area (TPSA) is 41.1 Å². The van der Waals surface area contributed by atoms with E-state index in [4.69, 9.17) is 0 Å². The van der Waals surface area contributed by atoms with Crippen LogP contribution in [0.5, 0.6) is 0 Å². The number of carbonyl (C=O) groups is 1. The number of hydrogen-bond donors (Lipinski definition) is 2. The molecular formula is C11H20N2O. The molecule has 0 aromatic heterocycles. The molecule has 0 spiro atoms. The molecule has 1 amide bonds. The Morgan fingerprint density at radius 1 is 1.50 bits per heavy atom. The molecule has 2 heterocycles. The first kappa shape index (κ1) is 9.97. The lowest BCUT2D eigenvalue weighted by atomic mass is 9.89. The number of carbonyl (C=O) groups excluding carboxylic acids is 1. The van der Waals surface area contributed by atoms with Crippen molar-refractivity contribution in [2.45, 2.75) is 51.1 Å². The van der Waals surface area contributed by atoms with E-state index < -0.39 is 0 Å². The minimum Gasteiger partial charge on any atom is -0.356 e. The van der Waals surface area contributed by atoms with E-state index in [2.05, 4.69) is 10.6 Å². The average Bonchev–Trinajstić information content (AvgIpc) is 2.76. The number of rotatable bonds is 4. The van der Waals surface area contributed by atoms with Crippen LogP contribution in [0.4, 0.5) is 0 Å². The van der Waals surface area contributed by atoms with Gasteiger partial charge in [0, 0.05) is 25.0 Å². The maximum atomic E-state index is 11.3. The van der Waals surface area contributed by atoms with E-state index in [1.54, 1.807) is 0 Å². The molecule has 2 aliphatic heterocycles. The van der Waals surface area contributed by atoms with Crippen molar-refractivity contribution in [2.24, 2.45) is 5.92 Å². The lowest BCUT2D eigenvalue weighted by molar-refractivity contribution is -0.121. The highest BCUT2D eigenvalue weighted by Crippen LogP contribution is 2.32. The molecule has 3 nitrogen and oxygen atoms in total. The van der Waals surface area contributed by atoms with Crippen LogP contribution in [0.15, 0.2) is 0 Å². The predicted octanol–water partition coefficient (Wildman–Crippen LogP) is 1.04. The lowest BCUT2D eigenvalue weighted by Crippen LogP contribution is -2.34. The highest BCUT2D eigenvalue weighted by molar-refractivity contribution is 5.75. The molecule has 2 N–H and O–H groups in total. The number of hydrogen-bond acceptors (Lipinski definition) is 2. The molecule has 80 valence electrons. The van der Waals surface area contributed by atoms with E-state index in [-0.39, 0.29) is 5.91 Å². The molecule has 2 rings (SSSR count). The van der Waals surface area contributed by atoms with Crippen LogP contribution in [0.25, 0.3) is 0 Å². The van der Waals surface area contributed by atoms with Crippen molar-refractivity contribution in [1.29, 1.82) is 0 Å². The van der Waals surface area contributed by atoms with Gasteiger partial charge in [-0.05, 0) is 31.6 Å². The van der Waals surface area contributed by atoms with Crippen molar-refractivity contribution in [1.82, 2.24) is 10.6 Å². The van der Waals surface area contributed by atoms with E-state index in [1.165, 1.54) is 19.3 Å². The van der Waals surface area contributed by atoms with E-state index in [1.807, 2.05) is 6.92 Å². The molecule has 2 bridgehead atoms. The van der Waals surface area contributed by atoms with E-state index in [0.29, 0.717) is 18.4 Å². The maximum Gasteiger partial charge on any atom is 0.219 e. The van der Waals surface area contributed by atoms with Crippen molar-refractivity contribution >= 4 is 5.91 Å². The van der Waals surface area contributed by atoms with Crippen LogP contribution in [0.2, 0.25) is 0 Å². The minimum atomic E-state index is 0.218. The molecule has 2 aliphatic rings. The maximum absolute atomic E-state index is 11.3. The lowest BCUT2D eigenvalue weighted by Gasteiger charge is -2.20. The fourth-order valence-corrected chi connectivity index (χ4v) is 2.72. The summed E-state index contributed by atoms with van der Waals surface area (Å²) in [4.78, 5) is 11.3. The van der Waals surface area contributed by atoms with Crippen LogP contribution in [-0.2, 0) is 4.79 Å². The molecule has 3 unspecified atom stereocenters. The third-order valence-corrected chi connectivity index (χ3v) is 3.47. The van der Waals surface area contributed by atoms with Crippen LogP contribution in [-0.4, -0.2) is 24.5 Å². The van der Waals surface area contributed by atoms with Crippen molar-refractivity contribution in [3.8, 4) is 0 Å². The van der Waals surface area contributed by atoms with Crippen LogP contribution >= 0.6 is 0 Å². The van der Waals surface area contributed by atoms with Crippen molar-refractivity contribution < 1.29 is 4.79 Å². The number of nitrogens with one attached hydrogen (secondary N) is 2. The Kier molecular flexibility index (Phi) is 3.06. The van der Waals surface area contributed by atoms with Crippen molar-refractivity contribution in [3.05, 3.63) is 0 Å². The summed E-state index contributed by atoms with van der Waals surface area (Å²) in [5, 5.41) is 6.61. The molecule has 3 heteroatoms. The number of fused-ring (bicyclic) bond motifs is 2. The normalized spacial score (nSPS) is 34.8. The molecule has 0 aromatic rings. The quantitative estimate of drug-likeness (QED) is 0.705. The molecular weight excluding hydrogens is 176 g/mol. The third kappa shape index (κ3) is 2.08. The molecule has 0 aliphatic carbocycles. The Morgan fingerprint density at radius 3 is 2.93 bits per heavy atom. The Morgan fingerprint density at radius 2 is 2.36 bits per heavy atom. The SMILES string of the molecule is CCCC(=O)NCC1CC2CCC1N2. The summed E-state index contributed by atoms with van der Waals surface area (Å²) < 4.78 is 0. The van der Waals surface area contributed by atoms with Gasteiger partial charge in [0.05, 0.1) is 0 Å². The zero-order valence-electron chi connectivity index (χ0n) is 8.88. The summed E-state index contributed by atoms with van der Waals surface area (Å²) in [6.45, 7) is 2.92. The van der Waals surface area contributed by atoms with Gasteiger partial charge in [-0.25, -0.2) is 0 Å². The Labute approximate surface area is 85.6 Å². The second-order valence-electron chi connectivity index (χ2n) is 4.60. The summed E-state index contributed by atoms with van der Waals surface area (Å²) in [5.41, 5.74) is 0. The first-order valence-electron chi connectivity index (χ1n) is 5.82. The van der Waals surface area contributed by atoms with Gasteiger partial charge in [-0.1, -0.05) is 6.92 Å². The van der Waals surface area contributed by atoms with Gasteiger partial charge in [-0.3, -0.25) is 4.79 Å². The zero-order chi connectivity index (χ0) is 9.97. The standard InChI is InChI=1S/C11H20N2O/c1-2-3-11(14)12-7-8-6-9-4-5-10(8)13-9/h8-10,13H,2-7H2,1H3,(H,12,14). The van der Waals surface area contributed by atoms with Crippen molar-refractivity contribution in [2.75, 3.05) is 6.54 Å². The van der Waals surface area contributed by atoms with E-state index in [9.17, 15) is 4.79 Å². The van der Waals surface area contributed by atoms with Gasteiger partial charge in [-0.15, -0.1) is 0 Å². The second-order valence-corrected chi connectivity index (χ2v) is 4.60. The fraction of sp³-hybridized carbons (Fsp3) is 0.909. The van der Waals surface area contributed by atoms with Gasteiger partial charge in [0.25, 0.3) is 0 Å². The first-order chi connectivity index (χ1) is 6.79. The molecule has 0 aromatic carbocycles. The second kappa shape index (κ2) is 4.30. The smallest absolute Gasteiger partial charge is 0.219 e. The van der Waals surface area contributed by atoms with Crippen molar-refractivity contribution in [3.63, 3.8) is 0 Å². The van der Waals surface area contributed by atoms with Gasteiger partial charge in [-0.2, -0.15) is 0 Å². The van der Waals surface area contributed by atoms with Gasteiger partial charge >= 0.3 is 0 Å². The van der Waals surface area contributed by atoms with Crippen LogP contribution in [0, 0.1) is 5.92 Å². The number of amides is 1. The Balaban J connectivity index is 1.69. The third-order valence-electron chi connectivity index (χ3n) is 3.47. The highest BCUT2D eigenvalue weighted by atomic mass is 16.1. The minimum absolute atomic E-state index is 0.218. The van der Waals surface area contributed by atoms with Gasteiger partial charge in [0.2, 0.25) is 5.91 Å². The van der Waals surface area contributed by atoms with Gasteiger partial charge in [0.15, 0.2) is 0 Å². The molecule has 2 saturated heterocycles. The first-order valence-corrected chi connectivity index (χ1v) is 5.82. The summed E-state index contributed by atoms with van der Waals surface area (Å²) >= 11 is 0. The predicted molar refractivity (Wildman–Crippen MR) is 56.0 cm³/mol.